The van der Waals surface area contributed by atoms with Crippen molar-refractivity contribution in [2.45, 2.75) is 45.1 Å². The molecule has 6 nitrogen and oxygen atoms in total. The second-order valence-corrected chi connectivity index (χ2v) is 6.97. The first-order valence-electron chi connectivity index (χ1n) is 9.78. The number of piperidine rings is 1. The van der Waals surface area contributed by atoms with Crippen LogP contribution < -0.4 is 10.6 Å². The number of guanidine groups is 1. The Balaban J connectivity index is 1.48. The average Bonchev–Trinajstić information content (AvgIpc) is 2.62. The van der Waals surface area contributed by atoms with E-state index in [4.69, 9.17) is 4.74 Å². The molecule has 0 aromatic rings. The summed E-state index contributed by atoms with van der Waals surface area (Å²) in [7, 11) is 1.85. The molecule has 1 unspecified atom stereocenters. The number of hydrogen-bond donors (Lipinski definition) is 2. The summed E-state index contributed by atoms with van der Waals surface area (Å²) in [5.74, 6) is 0.926. The van der Waals surface area contributed by atoms with Gasteiger partial charge in [0, 0.05) is 45.8 Å². The van der Waals surface area contributed by atoms with Gasteiger partial charge in [0.2, 0.25) is 0 Å². The summed E-state index contributed by atoms with van der Waals surface area (Å²) >= 11 is 0. The van der Waals surface area contributed by atoms with Crippen LogP contribution in [-0.4, -0.2) is 87.9 Å². The Bertz CT molecular complexity index is 357. The molecule has 0 aromatic heterocycles. The van der Waals surface area contributed by atoms with Crippen LogP contribution in [0.25, 0.3) is 0 Å². The van der Waals surface area contributed by atoms with Crippen LogP contribution in [-0.2, 0) is 4.74 Å². The summed E-state index contributed by atoms with van der Waals surface area (Å²) in [5.41, 5.74) is 0. The molecule has 2 aliphatic rings. The van der Waals surface area contributed by atoms with Crippen LogP contribution in [0.5, 0.6) is 0 Å². The smallest absolute Gasteiger partial charge is 0.191 e. The monoisotopic (exact) mass is 339 g/mol. The highest BCUT2D eigenvalue weighted by molar-refractivity contribution is 5.79. The molecule has 2 N–H and O–H groups in total. The van der Waals surface area contributed by atoms with Crippen LogP contribution >= 0.6 is 0 Å². The highest BCUT2D eigenvalue weighted by Gasteiger charge is 2.17. The minimum atomic E-state index is 0.779. The van der Waals surface area contributed by atoms with Gasteiger partial charge in [0.1, 0.15) is 0 Å². The molecule has 0 bridgehead atoms. The molecular weight excluding hydrogens is 302 g/mol. The van der Waals surface area contributed by atoms with Crippen molar-refractivity contribution in [2.75, 3.05) is 66.1 Å². The predicted molar refractivity (Wildman–Crippen MR) is 101 cm³/mol. The van der Waals surface area contributed by atoms with Gasteiger partial charge in [0.05, 0.1) is 13.2 Å². The van der Waals surface area contributed by atoms with E-state index in [1.807, 2.05) is 7.05 Å². The van der Waals surface area contributed by atoms with Crippen molar-refractivity contribution < 1.29 is 4.74 Å². The van der Waals surface area contributed by atoms with Crippen LogP contribution in [0, 0.1) is 0 Å². The molecule has 2 fully saturated rings. The molecule has 6 heteroatoms. The Labute approximate surface area is 148 Å². The number of rotatable bonds is 8. The van der Waals surface area contributed by atoms with Crippen molar-refractivity contribution in [2.24, 2.45) is 4.99 Å². The zero-order valence-electron chi connectivity index (χ0n) is 15.7. The van der Waals surface area contributed by atoms with E-state index in [-0.39, 0.29) is 0 Å². The van der Waals surface area contributed by atoms with E-state index in [1.54, 1.807) is 0 Å². The zero-order chi connectivity index (χ0) is 17.0. The van der Waals surface area contributed by atoms with Gasteiger partial charge < -0.3 is 20.3 Å². The van der Waals surface area contributed by atoms with Crippen LogP contribution in [0.1, 0.15) is 39.0 Å². The van der Waals surface area contributed by atoms with E-state index in [0.29, 0.717) is 0 Å². The van der Waals surface area contributed by atoms with E-state index >= 15 is 0 Å². The molecular formula is C18H37N5O. The summed E-state index contributed by atoms with van der Waals surface area (Å²) in [4.78, 5) is 9.40. The number of nitrogens with one attached hydrogen (secondary N) is 2. The minimum Gasteiger partial charge on any atom is -0.379 e. The molecule has 140 valence electrons. The zero-order valence-corrected chi connectivity index (χ0v) is 15.7. The van der Waals surface area contributed by atoms with Crippen molar-refractivity contribution in [1.82, 2.24) is 20.4 Å². The Morgan fingerprint density at radius 1 is 1.04 bits per heavy atom. The molecule has 0 spiro atoms. The van der Waals surface area contributed by atoms with Crippen LogP contribution in [0.4, 0.5) is 0 Å². The molecule has 0 aliphatic carbocycles. The molecule has 2 aliphatic heterocycles. The fraction of sp³-hybridized carbons (Fsp3) is 0.944. The molecule has 2 heterocycles. The molecule has 24 heavy (non-hydrogen) atoms. The standard InChI is InChI=1S/C18H37N5O/c1-17-7-3-5-10-23(17)11-6-4-8-20-18(19-2)21-9-12-22-13-15-24-16-14-22/h17H,3-16H2,1-2H3,(H2,19,20,21). The maximum Gasteiger partial charge on any atom is 0.191 e. The summed E-state index contributed by atoms with van der Waals surface area (Å²) in [6, 6.07) is 0.779. The van der Waals surface area contributed by atoms with Crippen LogP contribution in [0.15, 0.2) is 4.99 Å². The van der Waals surface area contributed by atoms with Crippen molar-refractivity contribution in [3.05, 3.63) is 0 Å². The van der Waals surface area contributed by atoms with Crippen molar-refractivity contribution in [3.63, 3.8) is 0 Å². The number of morpholine rings is 1. The van der Waals surface area contributed by atoms with E-state index in [9.17, 15) is 0 Å². The Morgan fingerprint density at radius 3 is 2.58 bits per heavy atom. The van der Waals surface area contributed by atoms with Gasteiger partial charge in [-0.25, -0.2) is 0 Å². The number of unbranched alkanes of at least 4 members (excludes halogenated alkanes) is 1. The Hall–Kier alpha value is -0.850. The largest absolute Gasteiger partial charge is 0.379 e. The van der Waals surface area contributed by atoms with Gasteiger partial charge in [-0.05, 0) is 45.7 Å². The van der Waals surface area contributed by atoms with Crippen molar-refractivity contribution >= 4 is 5.96 Å². The Morgan fingerprint density at radius 2 is 1.83 bits per heavy atom. The lowest BCUT2D eigenvalue weighted by atomic mass is 10.0. The lowest BCUT2D eigenvalue weighted by Gasteiger charge is -2.33. The van der Waals surface area contributed by atoms with Gasteiger partial charge >= 0.3 is 0 Å². The third-order valence-electron chi connectivity index (χ3n) is 5.15. The number of aliphatic imine (C=N–C) groups is 1. The van der Waals surface area contributed by atoms with Gasteiger partial charge in [-0.3, -0.25) is 9.89 Å². The molecule has 2 saturated heterocycles. The maximum absolute atomic E-state index is 5.37. The van der Waals surface area contributed by atoms with Gasteiger partial charge in [-0.2, -0.15) is 0 Å². The first-order valence-corrected chi connectivity index (χ1v) is 9.78. The van der Waals surface area contributed by atoms with Gasteiger partial charge in [-0.1, -0.05) is 6.42 Å². The Kier molecular flexibility index (Phi) is 9.46. The number of likely N-dealkylation sites (tertiary alicyclic amines) is 1. The fourth-order valence-electron chi connectivity index (χ4n) is 3.51. The van der Waals surface area contributed by atoms with E-state index < -0.39 is 0 Å². The minimum absolute atomic E-state index is 0.779. The van der Waals surface area contributed by atoms with Gasteiger partial charge in [0.15, 0.2) is 5.96 Å². The number of nitrogens with zero attached hydrogens (tertiary/aromatic N) is 3. The van der Waals surface area contributed by atoms with Crippen LogP contribution in [0.2, 0.25) is 0 Å². The fourth-order valence-corrected chi connectivity index (χ4v) is 3.51. The molecule has 0 aromatic carbocycles. The summed E-state index contributed by atoms with van der Waals surface area (Å²) < 4.78 is 5.37. The lowest BCUT2D eigenvalue weighted by molar-refractivity contribution is 0.0389. The summed E-state index contributed by atoms with van der Waals surface area (Å²) in [6.45, 7) is 11.7. The topological polar surface area (TPSA) is 52.1 Å². The van der Waals surface area contributed by atoms with E-state index in [2.05, 4.69) is 32.3 Å². The van der Waals surface area contributed by atoms with Gasteiger partial charge in [0.25, 0.3) is 0 Å². The number of ether oxygens (including phenoxy) is 1. The SMILES string of the molecule is CN=C(NCCCCN1CCCCC1C)NCCN1CCOCC1. The maximum atomic E-state index is 5.37. The second-order valence-electron chi connectivity index (χ2n) is 6.97. The lowest BCUT2D eigenvalue weighted by Crippen LogP contribution is -2.44. The van der Waals surface area contributed by atoms with Crippen molar-refractivity contribution in [1.29, 1.82) is 0 Å². The second kappa shape index (κ2) is 11.7. The first-order chi connectivity index (χ1) is 11.8. The quantitative estimate of drug-likeness (QED) is 0.395. The average molecular weight is 340 g/mol. The third-order valence-corrected chi connectivity index (χ3v) is 5.15. The highest BCUT2D eigenvalue weighted by Crippen LogP contribution is 2.16. The summed E-state index contributed by atoms with van der Waals surface area (Å²) in [6.07, 6.45) is 6.63. The molecule has 0 radical (unpaired) electrons. The third kappa shape index (κ3) is 7.36. The highest BCUT2D eigenvalue weighted by atomic mass is 16.5. The van der Waals surface area contributed by atoms with E-state index in [1.165, 1.54) is 45.2 Å². The van der Waals surface area contributed by atoms with Crippen LogP contribution in [0.3, 0.4) is 0 Å². The van der Waals surface area contributed by atoms with Crippen molar-refractivity contribution in [3.8, 4) is 0 Å². The first kappa shape index (κ1) is 19.5. The molecule has 1 atom stereocenters. The normalized spacial score (nSPS) is 24.1. The van der Waals surface area contributed by atoms with Gasteiger partial charge in [-0.15, -0.1) is 0 Å². The molecule has 0 amide bonds. The summed E-state index contributed by atoms with van der Waals surface area (Å²) in [5, 5.41) is 6.84. The predicted octanol–water partition coefficient (Wildman–Crippen LogP) is 1.14. The molecule has 0 saturated carbocycles. The van der Waals surface area contributed by atoms with E-state index in [0.717, 1.165) is 57.9 Å². The number of hydrogen-bond acceptors (Lipinski definition) is 4. The molecule has 2 rings (SSSR count).